The molecular weight excluding hydrogens is 948 g/mol. The van der Waals surface area contributed by atoms with Crippen LogP contribution < -0.4 is 20.7 Å². The highest BCUT2D eigenvalue weighted by molar-refractivity contribution is 7.44. The lowest BCUT2D eigenvalue weighted by Gasteiger charge is -2.39. The summed E-state index contributed by atoms with van der Waals surface area (Å²) in [5, 5.41) is 9.57. The van der Waals surface area contributed by atoms with E-state index in [4.69, 9.17) is 37.5 Å². The zero-order chi connectivity index (χ0) is 52.4. The lowest BCUT2D eigenvalue weighted by atomic mass is 9.80. The summed E-state index contributed by atoms with van der Waals surface area (Å²) in [6, 6.07) is 29.0. The summed E-state index contributed by atoms with van der Waals surface area (Å²) in [5.41, 5.74) is 0.121. The summed E-state index contributed by atoms with van der Waals surface area (Å²) in [5.74, 6) is 1.17. The van der Waals surface area contributed by atoms with E-state index in [2.05, 4.69) is 43.4 Å². The fourth-order valence-electron chi connectivity index (χ4n) is 9.44. The van der Waals surface area contributed by atoms with E-state index in [-0.39, 0.29) is 37.7 Å². The Bertz CT molecular complexity index is 2280. The predicted molar refractivity (Wildman–Crippen MR) is 285 cm³/mol. The molecule has 5 rings (SSSR count). The van der Waals surface area contributed by atoms with E-state index in [0.29, 0.717) is 24.7 Å². The van der Waals surface area contributed by atoms with E-state index in [1.807, 2.05) is 78.9 Å². The van der Waals surface area contributed by atoms with Crippen molar-refractivity contribution in [2.45, 2.75) is 173 Å². The summed E-state index contributed by atoms with van der Waals surface area (Å²) in [6.07, 6.45) is 13.9. The molecule has 0 aliphatic carbocycles. The van der Waals surface area contributed by atoms with Crippen LogP contribution in [0.2, 0.25) is 0 Å². The summed E-state index contributed by atoms with van der Waals surface area (Å²) >= 11 is 0. The number of nitrogens with zero attached hydrogens (tertiary/aromatic N) is 3. The van der Waals surface area contributed by atoms with Crippen molar-refractivity contribution in [1.82, 2.24) is 14.2 Å². The monoisotopic (exact) mass is 1030 g/mol. The smallest absolute Gasteiger partial charge is 0.330 e. The van der Waals surface area contributed by atoms with Crippen LogP contribution in [0.4, 0.5) is 0 Å². The Morgan fingerprint density at radius 2 is 1.22 bits per heavy atom. The number of aromatic amines is 1. The SMILES string of the molecule is COc1ccc(C(OC[C@H]2O[C@@H](n3ccc(=O)[nH]c3=O)[C@H](OCCCCCCCCCCCCCCCCOC(C)=O)[C@@H]2OP(OCCC#N)N(C(C)C)C(C)C)(c2ccccc2)c2ccc(OC)cc2)cc1. The summed E-state index contributed by atoms with van der Waals surface area (Å²) in [6.45, 7) is 10.8. The molecule has 1 N–H and O–H groups in total. The standard InChI is InChI=1S/C57H81N4O11P/c1-43(2)61(44(3)4)73(70-41-25-37-58)72-53-51(42-69-57(46-26-21-20-22-27-46,47-28-32-49(65-6)33-29-47)48-30-34-50(66-7)35-31-48)71-55(60-38-36-52(63)59-56(60)64)54(53)68-40-24-19-17-15-13-11-9-8-10-12-14-16-18-23-39-67-45(5)62/h20-22,26-36,38,43-44,51,53-55H,8-19,23-25,39-42H2,1-7H3,(H,59,63,64)/t51-,53-,54-,55-,73?/m1/s1. The number of H-pyrrole nitrogens is 1. The van der Waals surface area contributed by atoms with E-state index >= 15 is 0 Å². The molecule has 0 saturated carbocycles. The van der Waals surface area contributed by atoms with Crippen molar-refractivity contribution in [2.75, 3.05) is 40.6 Å². The Labute approximate surface area is 434 Å². The van der Waals surface area contributed by atoms with Gasteiger partial charge in [0.2, 0.25) is 0 Å². The second-order valence-electron chi connectivity index (χ2n) is 19.1. The van der Waals surface area contributed by atoms with Gasteiger partial charge in [-0.1, -0.05) is 132 Å². The van der Waals surface area contributed by atoms with E-state index in [1.165, 1.54) is 75.1 Å². The van der Waals surface area contributed by atoms with Gasteiger partial charge in [-0.15, -0.1) is 0 Å². The summed E-state index contributed by atoms with van der Waals surface area (Å²) < 4.78 is 54.7. The fourth-order valence-corrected chi connectivity index (χ4v) is 11.2. The Kier molecular flexibility index (Phi) is 25.6. The molecule has 1 saturated heterocycles. The normalized spacial score (nSPS) is 17.3. The molecular formula is C57H81N4O11P. The maximum absolute atomic E-state index is 13.7. The molecule has 400 valence electrons. The molecule has 1 aromatic heterocycles. The molecule has 3 aromatic carbocycles. The van der Waals surface area contributed by atoms with Crippen LogP contribution in [0, 0.1) is 11.3 Å². The lowest BCUT2D eigenvalue weighted by molar-refractivity contribution is -0.141. The highest BCUT2D eigenvalue weighted by Crippen LogP contribution is 2.51. The molecule has 1 aliphatic rings. The van der Waals surface area contributed by atoms with Gasteiger partial charge < -0.3 is 37.5 Å². The Hall–Kier alpha value is -4.91. The molecule has 0 amide bonds. The van der Waals surface area contributed by atoms with Crippen LogP contribution in [0.1, 0.15) is 154 Å². The number of esters is 1. The fraction of sp³-hybridized carbons (Fsp3) is 0.579. The molecule has 4 aromatic rings. The first-order valence-electron chi connectivity index (χ1n) is 26.4. The minimum atomic E-state index is -1.82. The highest BCUT2D eigenvalue weighted by atomic mass is 31.2. The zero-order valence-electron chi connectivity index (χ0n) is 44.3. The molecule has 0 radical (unpaired) electrons. The van der Waals surface area contributed by atoms with Crippen molar-refractivity contribution in [3.8, 4) is 17.6 Å². The van der Waals surface area contributed by atoms with Crippen molar-refractivity contribution < 1.29 is 42.3 Å². The number of ether oxygens (including phenoxy) is 6. The number of nitrogens with one attached hydrogen (secondary N) is 1. The highest BCUT2D eigenvalue weighted by Gasteiger charge is 2.51. The average Bonchev–Trinajstić information content (AvgIpc) is 3.71. The predicted octanol–water partition coefficient (Wildman–Crippen LogP) is 11.5. The van der Waals surface area contributed by atoms with Crippen LogP contribution in [0.3, 0.4) is 0 Å². The minimum Gasteiger partial charge on any atom is -0.497 e. The van der Waals surface area contributed by atoms with E-state index in [0.717, 1.165) is 55.2 Å². The van der Waals surface area contributed by atoms with Gasteiger partial charge in [-0.05, 0) is 81.5 Å². The van der Waals surface area contributed by atoms with Gasteiger partial charge in [-0.3, -0.25) is 19.1 Å². The number of hydrogen-bond donors (Lipinski definition) is 1. The van der Waals surface area contributed by atoms with Gasteiger partial charge in [0.15, 0.2) is 6.23 Å². The van der Waals surface area contributed by atoms with Crippen molar-refractivity contribution in [3.05, 3.63) is 129 Å². The first-order chi connectivity index (χ1) is 35.4. The first-order valence-corrected chi connectivity index (χ1v) is 27.5. The quantitative estimate of drug-likeness (QED) is 0.0200. The molecule has 0 bridgehead atoms. The van der Waals surface area contributed by atoms with Crippen molar-refractivity contribution >= 4 is 14.5 Å². The summed E-state index contributed by atoms with van der Waals surface area (Å²) in [4.78, 5) is 39.5. The largest absolute Gasteiger partial charge is 0.497 e. The molecule has 15 nitrogen and oxygen atoms in total. The second kappa shape index (κ2) is 31.7. The van der Waals surface area contributed by atoms with Crippen molar-refractivity contribution in [2.24, 2.45) is 0 Å². The van der Waals surface area contributed by atoms with Crippen LogP contribution in [-0.4, -0.2) is 91.2 Å². The molecule has 1 fully saturated rings. The van der Waals surface area contributed by atoms with Gasteiger partial charge in [0.1, 0.15) is 35.4 Å². The molecule has 1 unspecified atom stereocenters. The zero-order valence-corrected chi connectivity index (χ0v) is 45.2. The van der Waals surface area contributed by atoms with Gasteiger partial charge in [0.25, 0.3) is 14.1 Å². The molecule has 16 heteroatoms. The van der Waals surface area contributed by atoms with Crippen molar-refractivity contribution in [3.63, 3.8) is 0 Å². The van der Waals surface area contributed by atoms with Crippen LogP contribution in [0.15, 0.2) is 101 Å². The molecule has 1 aliphatic heterocycles. The van der Waals surface area contributed by atoms with Gasteiger partial charge in [-0.2, -0.15) is 5.26 Å². The number of methoxy groups -OCH3 is 2. The van der Waals surface area contributed by atoms with Gasteiger partial charge in [0.05, 0.1) is 46.5 Å². The maximum atomic E-state index is 13.7. The van der Waals surface area contributed by atoms with E-state index in [9.17, 15) is 19.6 Å². The molecule has 5 atom stereocenters. The van der Waals surface area contributed by atoms with Crippen LogP contribution >= 0.6 is 8.53 Å². The minimum absolute atomic E-state index is 0.000102. The molecule has 2 heterocycles. The number of rotatable bonds is 35. The number of unbranched alkanes of at least 4 members (excludes halogenated alkanes) is 13. The van der Waals surface area contributed by atoms with Crippen LogP contribution in [-0.2, 0) is 38.4 Å². The van der Waals surface area contributed by atoms with Crippen molar-refractivity contribution in [1.29, 1.82) is 5.26 Å². The second-order valence-corrected chi connectivity index (χ2v) is 20.5. The molecule has 0 spiro atoms. The Morgan fingerprint density at radius 1 is 0.712 bits per heavy atom. The molecule has 73 heavy (non-hydrogen) atoms. The topological polar surface area (TPSA) is 173 Å². The number of carbonyl (C=O) groups is 1. The van der Waals surface area contributed by atoms with E-state index < -0.39 is 49.9 Å². The third kappa shape index (κ3) is 17.9. The number of nitriles is 1. The van der Waals surface area contributed by atoms with Gasteiger partial charge >= 0.3 is 11.7 Å². The lowest BCUT2D eigenvalue weighted by Crippen LogP contribution is -2.43. The number of benzene rings is 3. The first kappa shape index (κ1) is 59.0. The number of carbonyl (C=O) groups excluding carboxylic acids is 1. The summed E-state index contributed by atoms with van der Waals surface area (Å²) in [7, 11) is 1.44. The van der Waals surface area contributed by atoms with E-state index in [1.54, 1.807) is 14.2 Å². The third-order valence-electron chi connectivity index (χ3n) is 13.1. The number of aromatic nitrogens is 2. The third-order valence-corrected chi connectivity index (χ3v) is 15.2. The van der Waals surface area contributed by atoms with Gasteiger partial charge in [-0.25, -0.2) is 9.46 Å². The van der Waals surface area contributed by atoms with Crippen LogP contribution in [0.25, 0.3) is 0 Å². The maximum Gasteiger partial charge on any atom is 0.330 e. The number of hydrogen-bond acceptors (Lipinski definition) is 13. The Balaban J connectivity index is 1.39. The van der Waals surface area contributed by atoms with Gasteiger partial charge in [0, 0.05) is 37.9 Å². The average molecular weight is 1030 g/mol. The Morgan fingerprint density at radius 3 is 1.70 bits per heavy atom. The van der Waals surface area contributed by atoms with Crippen LogP contribution in [0.5, 0.6) is 11.5 Å².